The summed E-state index contributed by atoms with van der Waals surface area (Å²) in [5.41, 5.74) is -0.273. The normalized spacial score (nSPS) is 10.8. The minimum atomic E-state index is -4.50. The molecule has 2 N–H and O–H groups in total. The van der Waals surface area contributed by atoms with E-state index in [2.05, 4.69) is 10.6 Å². The molecule has 0 atom stereocenters. The van der Waals surface area contributed by atoms with Crippen LogP contribution in [0.5, 0.6) is 0 Å². The van der Waals surface area contributed by atoms with E-state index in [1.165, 1.54) is 6.07 Å². The van der Waals surface area contributed by atoms with E-state index in [9.17, 15) is 18.0 Å². The number of amides is 1. The zero-order valence-electron chi connectivity index (χ0n) is 12.1. The minimum absolute atomic E-state index is 0.00444. The van der Waals surface area contributed by atoms with E-state index in [0.717, 1.165) is 18.2 Å². The molecule has 0 bridgehead atoms. The van der Waals surface area contributed by atoms with Gasteiger partial charge < -0.3 is 10.6 Å². The molecular formula is C16H11ClF3N3O. The topological polar surface area (TPSA) is 64.9 Å². The predicted octanol–water partition coefficient (Wildman–Crippen LogP) is 4.28. The smallest absolute Gasteiger partial charge is 0.375 e. The summed E-state index contributed by atoms with van der Waals surface area (Å²) in [6.45, 7) is -0.305. The summed E-state index contributed by atoms with van der Waals surface area (Å²) >= 11 is 5.83. The Labute approximate surface area is 140 Å². The molecule has 4 nitrogen and oxygen atoms in total. The first-order valence-electron chi connectivity index (χ1n) is 6.71. The van der Waals surface area contributed by atoms with E-state index in [-0.39, 0.29) is 22.8 Å². The second-order valence-corrected chi connectivity index (χ2v) is 5.16. The number of halogens is 4. The first-order chi connectivity index (χ1) is 11.3. The minimum Gasteiger partial charge on any atom is -0.375 e. The lowest BCUT2D eigenvalue weighted by Gasteiger charge is -2.12. The van der Waals surface area contributed by atoms with Crippen LogP contribution in [0.15, 0.2) is 42.5 Å². The van der Waals surface area contributed by atoms with Gasteiger partial charge in [0.15, 0.2) is 0 Å². The Hall–Kier alpha value is -2.72. The maximum absolute atomic E-state index is 12.7. The van der Waals surface area contributed by atoms with Gasteiger partial charge in [-0.25, -0.2) is 0 Å². The Balaban J connectivity index is 2.06. The lowest BCUT2D eigenvalue weighted by atomic mass is 10.2. The van der Waals surface area contributed by atoms with Crippen LogP contribution in [-0.4, -0.2) is 12.5 Å². The van der Waals surface area contributed by atoms with Crippen molar-refractivity contribution < 1.29 is 18.0 Å². The van der Waals surface area contributed by atoms with Gasteiger partial charge in [0.1, 0.15) is 6.07 Å². The lowest BCUT2D eigenvalue weighted by Crippen LogP contribution is -2.22. The van der Waals surface area contributed by atoms with Gasteiger partial charge >= 0.3 is 6.18 Å². The summed E-state index contributed by atoms with van der Waals surface area (Å²) in [6.07, 6.45) is -4.50. The van der Waals surface area contributed by atoms with Crippen LogP contribution < -0.4 is 10.6 Å². The van der Waals surface area contributed by atoms with Gasteiger partial charge in [0.25, 0.3) is 0 Å². The summed E-state index contributed by atoms with van der Waals surface area (Å²) in [5.74, 6) is -0.522. The number of hydrogen-bond donors (Lipinski definition) is 2. The molecule has 0 aliphatic heterocycles. The number of carbonyl (C=O) groups is 1. The number of para-hydroxylation sites is 1. The monoisotopic (exact) mass is 353 g/mol. The molecule has 1 amide bonds. The molecule has 0 heterocycles. The molecule has 2 aromatic rings. The quantitative estimate of drug-likeness (QED) is 0.862. The highest BCUT2D eigenvalue weighted by atomic mass is 35.5. The van der Waals surface area contributed by atoms with E-state index in [1.807, 2.05) is 6.07 Å². The molecule has 0 spiro atoms. The second kappa shape index (κ2) is 7.23. The lowest BCUT2D eigenvalue weighted by molar-refractivity contribution is -0.137. The molecule has 0 aliphatic carbocycles. The molecule has 0 radical (unpaired) electrons. The van der Waals surface area contributed by atoms with Crippen molar-refractivity contribution in [2.24, 2.45) is 0 Å². The van der Waals surface area contributed by atoms with Gasteiger partial charge in [0, 0.05) is 0 Å². The number of rotatable bonds is 4. The molecule has 8 heteroatoms. The van der Waals surface area contributed by atoms with E-state index in [4.69, 9.17) is 16.9 Å². The summed E-state index contributed by atoms with van der Waals surface area (Å²) in [5, 5.41) is 14.1. The van der Waals surface area contributed by atoms with Crippen LogP contribution in [-0.2, 0) is 11.0 Å². The number of carbonyl (C=O) groups excluding carboxylic acids is 1. The Kier molecular flexibility index (Phi) is 5.31. The van der Waals surface area contributed by atoms with Crippen molar-refractivity contribution in [2.75, 3.05) is 17.2 Å². The molecule has 0 fully saturated rings. The van der Waals surface area contributed by atoms with Gasteiger partial charge in [0.2, 0.25) is 5.91 Å². The number of alkyl halides is 3. The maximum atomic E-state index is 12.7. The summed E-state index contributed by atoms with van der Waals surface area (Å²) in [7, 11) is 0. The fourth-order valence-corrected chi connectivity index (χ4v) is 2.08. The fourth-order valence-electron chi connectivity index (χ4n) is 1.90. The highest BCUT2D eigenvalue weighted by molar-refractivity contribution is 6.33. The summed E-state index contributed by atoms with van der Waals surface area (Å²) < 4.78 is 38.1. The van der Waals surface area contributed by atoms with Gasteiger partial charge in [-0.2, -0.15) is 18.4 Å². The largest absolute Gasteiger partial charge is 0.416 e. The van der Waals surface area contributed by atoms with Gasteiger partial charge in [-0.1, -0.05) is 23.7 Å². The van der Waals surface area contributed by atoms with E-state index < -0.39 is 17.6 Å². The predicted molar refractivity (Wildman–Crippen MR) is 84.7 cm³/mol. The van der Waals surface area contributed by atoms with Crippen LogP contribution in [0.4, 0.5) is 24.5 Å². The van der Waals surface area contributed by atoms with Gasteiger partial charge in [-0.05, 0) is 30.3 Å². The van der Waals surface area contributed by atoms with Crippen molar-refractivity contribution in [1.82, 2.24) is 0 Å². The number of nitrogens with zero attached hydrogens (tertiary/aromatic N) is 1. The molecule has 2 aromatic carbocycles. The van der Waals surface area contributed by atoms with Crippen LogP contribution in [0.25, 0.3) is 0 Å². The molecule has 0 saturated heterocycles. The average Bonchev–Trinajstić information content (AvgIpc) is 2.53. The van der Waals surface area contributed by atoms with Crippen LogP contribution in [0.2, 0.25) is 5.02 Å². The van der Waals surface area contributed by atoms with Gasteiger partial charge in [-0.3, -0.25) is 4.79 Å². The van der Waals surface area contributed by atoms with Crippen molar-refractivity contribution in [3.63, 3.8) is 0 Å². The first-order valence-corrected chi connectivity index (χ1v) is 7.08. The molecule has 0 aliphatic rings. The molecule has 0 saturated carbocycles. The van der Waals surface area contributed by atoms with E-state index in [0.29, 0.717) is 5.69 Å². The second-order valence-electron chi connectivity index (χ2n) is 4.75. The zero-order valence-corrected chi connectivity index (χ0v) is 12.9. The Morgan fingerprint density at radius 2 is 1.88 bits per heavy atom. The Morgan fingerprint density at radius 3 is 2.54 bits per heavy atom. The standard InChI is InChI=1S/C16H11ClF3N3O/c17-12-6-5-11(16(18,19)20)7-14(12)22-9-15(24)23-13-4-2-1-3-10(13)8-21/h1-7,22H,9H2,(H,23,24). The third-order valence-corrected chi connectivity index (χ3v) is 3.38. The van der Waals surface area contributed by atoms with Crippen molar-refractivity contribution in [3.05, 3.63) is 58.6 Å². The van der Waals surface area contributed by atoms with Crippen LogP contribution in [0.3, 0.4) is 0 Å². The van der Waals surface area contributed by atoms with Crippen molar-refractivity contribution >= 4 is 28.9 Å². The molecule has 2 rings (SSSR count). The third-order valence-electron chi connectivity index (χ3n) is 3.05. The highest BCUT2D eigenvalue weighted by Crippen LogP contribution is 2.33. The number of anilines is 2. The van der Waals surface area contributed by atoms with Crippen molar-refractivity contribution in [2.45, 2.75) is 6.18 Å². The summed E-state index contributed by atoms with van der Waals surface area (Å²) in [6, 6.07) is 11.1. The molecule has 0 aromatic heterocycles. The molecular weight excluding hydrogens is 343 g/mol. The van der Waals surface area contributed by atoms with Crippen LogP contribution in [0.1, 0.15) is 11.1 Å². The van der Waals surface area contributed by atoms with Crippen LogP contribution >= 0.6 is 11.6 Å². The Bertz CT molecular complexity index is 800. The maximum Gasteiger partial charge on any atom is 0.416 e. The average molecular weight is 354 g/mol. The number of nitrogens with one attached hydrogen (secondary N) is 2. The van der Waals surface area contributed by atoms with E-state index in [1.54, 1.807) is 18.2 Å². The zero-order chi connectivity index (χ0) is 17.7. The fraction of sp³-hybridized carbons (Fsp3) is 0.125. The molecule has 0 unspecified atom stereocenters. The number of benzene rings is 2. The van der Waals surface area contributed by atoms with Crippen molar-refractivity contribution in [1.29, 1.82) is 5.26 Å². The Morgan fingerprint density at radius 1 is 1.17 bits per heavy atom. The molecule has 24 heavy (non-hydrogen) atoms. The first kappa shape index (κ1) is 17.6. The SMILES string of the molecule is N#Cc1ccccc1NC(=O)CNc1cc(C(F)(F)F)ccc1Cl. The van der Waals surface area contributed by atoms with Gasteiger partial charge in [0.05, 0.1) is 34.1 Å². The highest BCUT2D eigenvalue weighted by Gasteiger charge is 2.30. The summed E-state index contributed by atoms with van der Waals surface area (Å²) in [4.78, 5) is 11.9. The van der Waals surface area contributed by atoms with E-state index >= 15 is 0 Å². The number of nitriles is 1. The third kappa shape index (κ3) is 4.40. The van der Waals surface area contributed by atoms with Crippen molar-refractivity contribution in [3.8, 4) is 6.07 Å². The van der Waals surface area contributed by atoms with Crippen LogP contribution in [0, 0.1) is 11.3 Å². The molecule has 124 valence electrons. The number of hydrogen-bond acceptors (Lipinski definition) is 3. The van der Waals surface area contributed by atoms with Gasteiger partial charge in [-0.15, -0.1) is 0 Å².